The van der Waals surface area contributed by atoms with Crippen LogP contribution >= 0.6 is 0 Å². The Balaban J connectivity index is 1.81. The van der Waals surface area contributed by atoms with Crippen LogP contribution in [0.25, 0.3) is 11.0 Å². The molecule has 0 aliphatic heterocycles. The maximum absolute atomic E-state index is 13.9. The van der Waals surface area contributed by atoms with Crippen molar-refractivity contribution in [2.45, 2.75) is 27.3 Å². The number of fused-ring (bicyclic) bond motifs is 1. The zero-order valence-electron chi connectivity index (χ0n) is 20.3. The van der Waals surface area contributed by atoms with Crippen molar-refractivity contribution in [1.82, 2.24) is 4.98 Å². The van der Waals surface area contributed by atoms with Crippen LogP contribution in [-0.2, 0) is 6.54 Å². The first-order chi connectivity index (χ1) is 16.4. The molecule has 0 aliphatic carbocycles. The number of aryl methyl sites for hydroxylation is 3. The molecule has 2 aromatic heterocycles. The fourth-order valence-electron chi connectivity index (χ4n) is 4.18. The summed E-state index contributed by atoms with van der Waals surface area (Å²) in [7, 11) is 4.67. The van der Waals surface area contributed by atoms with Crippen LogP contribution in [0.1, 0.15) is 32.8 Å². The van der Waals surface area contributed by atoms with Crippen LogP contribution in [0.5, 0.6) is 17.2 Å². The van der Waals surface area contributed by atoms with Gasteiger partial charge in [0.2, 0.25) is 5.75 Å². The maximum Gasteiger partial charge on any atom is 0.295 e. The molecule has 0 spiro atoms. The van der Waals surface area contributed by atoms with Gasteiger partial charge in [-0.1, -0.05) is 12.1 Å². The smallest absolute Gasteiger partial charge is 0.295 e. The number of carbonyl (C=O) groups excluding carboxylic acids is 1. The van der Waals surface area contributed by atoms with E-state index in [0.29, 0.717) is 28.8 Å². The zero-order valence-corrected chi connectivity index (χ0v) is 20.3. The van der Waals surface area contributed by atoms with E-state index in [0.717, 1.165) is 33.2 Å². The van der Waals surface area contributed by atoms with Crippen molar-refractivity contribution in [3.63, 3.8) is 0 Å². The number of rotatable bonds is 7. The number of nitrogens with zero attached hydrogens (tertiary/aromatic N) is 2. The Kier molecular flexibility index (Phi) is 6.45. The lowest BCUT2D eigenvalue weighted by Gasteiger charge is -2.22. The molecule has 0 radical (unpaired) electrons. The second-order valence-corrected chi connectivity index (χ2v) is 8.13. The van der Waals surface area contributed by atoms with Crippen molar-refractivity contribution in [3.05, 3.63) is 76.7 Å². The Hall–Kier alpha value is -4.00. The molecule has 0 aliphatic rings. The number of anilines is 1. The van der Waals surface area contributed by atoms with Gasteiger partial charge < -0.3 is 18.6 Å². The number of benzene rings is 2. The Labute approximate surface area is 198 Å². The molecule has 1 amide bonds. The summed E-state index contributed by atoms with van der Waals surface area (Å²) < 4.78 is 22.5. The molecular weight excluding hydrogens is 432 g/mol. The molecule has 34 heavy (non-hydrogen) atoms. The van der Waals surface area contributed by atoms with E-state index in [1.807, 2.05) is 57.2 Å². The van der Waals surface area contributed by atoms with Gasteiger partial charge in [-0.05, 0) is 67.8 Å². The first-order valence-corrected chi connectivity index (χ1v) is 10.9. The molecule has 176 valence electrons. The predicted octanol–water partition coefficient (Wildman–Crippen LogP) is 5.63. The lowest BCUT2D eigenvalue weighted by atomic mass is 10.1. The number of carbonyl (C=O) groups is 1. The number of hydrogen-bond donors (Lipinski definition) is 0. The van der Waals surface area contributed by atoms with Gasteiger partial charge >= 0.3 is 0 Å². The molecule has 0 saturated heterocycles. The average molecular weight is 461 g/mol. The third-order valence-electron chi connectivity index (χ3n) is 5.80. The topological polar surface area (TPSA) is 74.0 Å². The summed E-state index contributed by atoms with van der Waals surface area (Å²) in [6, 6.07) is 13.2. The minimum absolute atomic E-state index is 0.223. The van der Waals surface area contributed by atoms with E-state index >= 15 is 0 Å². The van der Waals surface area contributed by atoms with Crippen molar-refractivity contribution in [2.75, 3.05) is 26.2 Å². The van der Waals surface area contributed by atoms with Gasteiger partial charge in [0.15, 0.2) is 17.3 Å². The van der Waals surface area contributed by atoms with Gasteiger partial charge in [0.1, 0.15) is 11.4 Å². The third kappa shape index (κ3) is 4.17. The quantitative estimate of drug-likeness (QED) is 0.356. The summed E-state index contributed by atoms with van der Waals surface area (Å²) >= 11 is 0. The highest BCUT2D eigenvalue weighted by Gasteiger charge is 2.27. The standard InChI is InChI=1S/C27H28N2O5/c1-16-11-17(2)24-20(12-16)18(3)25(34-24)27(30)29(23-9-7-8-10-28-23)15-19-13-21(31-4)26(33-6)22(14-19)32-5/h7-14H,15H2,1-6H3. The van der Waals surface area contributed by atoms with Crippen molar-refractivity contribution < 1.29 is 23.4 Å². The number of pyridine rings is 1. The van der Waals surface area contributed by atoms with Gasteiger partial charge in [0.05, 0.1) is 27.9 Å². The molecule has 0 N–H and O–H groups in total. The predicted molar refractivity (Wildman–Crippen MR) is 131 cm³/mol. The highest BCUT2D eigenvalue weighted by Crippen LogP contribution is 2.39. The molecule has 7 nitrogen and oxygen atoms in total. The van der Waals surface area contributed by atoms with E-state index in [9.17, 15) is 4.79 Å². The molecule has 0 bridgehead atoms. The second-order valence-electron chi connectivity index (χ2n) is 8.13. The van der Waals surface area contributed by atoms with Crippen LogP contribution in [0.3, 0.4) is 0 Å². The van der Waals surface area contributed by atoms with Gasteiger partial charge in [-0.15, -0.1) is 0 Å². The Bertz CT molecular complexity index is 1320. The molecule has 0 saturated carbocycles. The van der Waals surface area contributed by atoms with Gasteiger partial charge in [0, 0.05) is 17.1 Å². The van der Waals surface area contributed by atoms with Crippen LogP contribution in [0.2, 0.25) is 0 Å². The number of hydrogen-bond acceptors (Lipinski definition) is 6. The third-order valence-corrected chi connectivity index (χ3v) is 5.80. The van der Waals surface area contributed by atoms with Gasteiger partial charge in [-0.25, -0.2) is 4.98 Å². The van der Waals surface area contributed by atoms with E-state index in [4.69, 9.17) is 18.6 Å². The van der Waals surface area contributed by atoms with Crippen molar-refractivity contribution in [2.24, 2.45) is 0 Å². The fraction of sp³-hybridized carbons (Fsp3) is 0.259. The van der Waals surface area contributed by atoms with Crippen molar-refractivity contribution in [1.29, 1.82) is 0 Å². The number of methoxy groups -OCH3 is 3. The molecule has 0 fully saturated rings. The lowest BCUT2D eigenvalue weighted by molar-refractivity contribution is 0.0958. The van der Waals surface area contributed by atoms with E-state index in [2.05, 4.69) is 4.98 Å². The van der Waals surface area contributed by atoms with Crippen LogP contribution in [0, 0.1) is 20.8 Å². The second kappa shape index (κ2) is 9.47. The molecule has 2 heterocycles. The first kappa shape index (κ1) is 23.2. The summed E-state index contributed by atoms with van der Waals surface area (Å²) in [6.07, 6.45) is 1.66. The molecule has 2 aromatic carbocycles. The maximum atomic E-state index is 13.9. The molecule has 4 aromatic rings. The van der Waals surface area contributed by atoms with Crippen LogP contribution in [-0.4, -0.2) is 32.2 Å². The van der Waals surface area contributed by atoms with Crippen molar-refractivity contribution >= 4 is 22.7 Å². The summed E-state index contributed by atoms with van der Waals surface area (Å²) in [5.41, 5.74) is 4.42. The van der Waals surface area contributed by atoms with Gasteiger partial charge in [-0.3, -0.25) is 9.69 Å². The SMILES string of the molecule is COc1cc(CN(C(=O)c2oc3c(C)cc(C)cc3c2C)c2ccccn2)cc(OC)c1OC. The zero-order chi connectivity index (χ0) is 24.4. The summed E-state index contributed by atoms with van der Waals surface area (Å²) in [5, 5.41) is 0.939. The van der Waals surface area contributed by atoms with Crippen molar-refractivity contribution in [3.8, 4) is 17.2 Å². The van der Waals surface area contributed by atoms with E-state index in [-0.39, 0.29) is 12.5 Å². The van der Waals surface area contributed by atoms with E-state index < -0.39 is 0 Å². The Morgan fingerprint density at radius 1 is 0.971 bits per heavy atom. The summed E-state index contributed by atoms with van der Waals surface area (Å²) in [4.78, 5) is 19.9. The number of aromatic nitrogens is 1. The fourth-order valence-corrected chi connectivity index (χ4v) is 4.18. The first-order valence-electron chi connectivity index (χ1n) is 10.9. The van der Waals surface area contributed by atoms with E-state index in [1.54, 1.807) is 38.5 Å². The summed E-state index contributed by atoms with van der Waals surface area (Å²) in [6.45, 7) is 6.15. The molecule has 0 unspecified atom stereocenters. The summed E-state index contributed by atoms with van der Waals surface area (Å²) in [5.74, 6) is 2.03. The van der Waals surface area contributed by atoms with E-state index in [1.165, 1.54) is 0 Å². The number of amides is 1. The van der Waals surface area contributed by atoms with Crippen LogP contribution < -0.4 is 19.1 Å². The lowest BCUT2D eigenvalue weighted by Crippen LogP contribution is -2.31. The largest absolute Gasteiger partial charge is 0.493 e. The molecule has 7 heteroatoms. The average Bonchev–Trinajstić information content (AvgIpc) is 3.18. The van der Waals surface area contributed by atoms with Gasteiger partial charge in [0.25, 0.3) is 5.91 Å². The highest BCUT2D eigenvalue weighted by atomic mass is 16.5. The molecular formula is C27H28N2O5. The Morgan fingerprint density at radius 3 is 2.26 bits per heavy atom. The van der Waals surface area contributed by atoms with Crippen LogP contribution in [0.4, 0.5) is 5.82 Å². The number of furan rings is 1. The minimum atomic E-state index is -0.279. The monoisotopic (exact) mass is 460 g/mol. The Morgan fingerprint density at radius 2 is 1.68 bits per heavy atom. The normalized spacial score (nSPS) is 10.9. The minimum Gasteiger partial charge on any atom is -0.493 e. The highest BCUT2D eigenvalue weighted by molar-refractivity contribution is 6.07. The molecule has 0 atom stereocenters. The molecule has 4 rings (SSSR count). The number of ether oxygens (including phenoxy) is 3. The van der Waals surface area contributed by atoms with Gasteiger partial charge in [-0.2, -0.15) is 0 Å². The van der Waals surface area contributed by atoms with Crippen LogP contribution in [0.15, 0.2) is 53.1 Å².